The first kappa shape index (κ1) is 14.4. The molecule has 0 spiro atoms. The summed E-state index contributed by atoms with van der Waals surface area (Å²) in [6, 6.07) is 10.7. The van der Waals surface area contributed by atoms with E-state index in [0.29, 0.717) is 22.3 Å². The number of fused-ring (bicyclic) bond motifs is 1. The number of thiophene rings is 1. The first-order valence-corrected chi connectivity index (χ1v) is 8.77. The molecule has 0 radical (unpaired) electrons. The third-order valence-corrected chi connectivity index (χ3v) is 6.38. The lowest BCUT2D eigenvalue weighted by molar-refractivity contribution is 0.0799. The van der Waals surface area contributed by atoms with E-state index in [-0.39, 0.29) is 12.6 Å². The van der Waals surface area contributed by atoms with Crippen LogP contribution in [0.15, 0.2) is 46.0 Å². The van der Waals surface area contributed by atoms with Gasteiger partial charge in [-0.2, -0.15) is 4.31 Å². The second kappa shape index (κ2) is 5.67. The molecule has 0 saturated carbocycles. The van der Waals surface area contributed by atoms with Crippen LogP contribution in [-0.4, -0.2) is 39.0 Å². The van der Waals surface area contributed by atoms with E-state index in [4.69, 9.17) is 9.47 Å². The smallest absolute Gasteiger partial charge is 0.252 e. The SMILES string of the molecule is CN(C[C@H]1COc2ccccc2O1)S(=O)(=O)c1cccs1. The molecule has 0 saturated heterocycles. The molecular formula is C14H15NO4S2. The molecule has 21 heavy (non-hydrogen) atoms. The van der Waals surface area contributed by atoms with E-state index < -0.39 is 10.0 Å². The van der Waals surface area contributed by atoms with Crippen molar-refractivity contribution in [3.05, 3.63) is 41.8 Å². The van der Waals surface area contributed by atoms with Crippen molar-refractivity contribution >= 4 is 21.4 Å². The fraction of sp³-hybridized carbons (Fsp3) is 0.286. The van der Waals surface area contributed by atoms with E-state index in [0.717, 1.165) is 0 Å². The topological polar surface area (TPSA) is 55.8 Å². The third kappa shape index (κ3) is 2.90. The Morgan fingerprint density at radius 3 is 2.71 bits per heavy atom. The average Bonchev–Trinajstić information content (AvgIpc) is 3.02. The Hall–Kier alpha value is -1.57. The largest absolute Gasteiger partial charge is 0.486 e. The highest BCUT2D eigenvalue weighted by molar-refractivity contribution is 7.91. The van der Waals surface area contributed by atoms with E-state index in [9.17, 15) is 8.42 Å². The van der Waals surface area contributed by atoms with Crippen molar-refractivity contribution in [1.82, 2.24) is 4.31 Å². The lowest BCUT2D eigenvalue weighted by Gasteiger charge is -2.29. The van der Waals surface area contributed by atoms with Crippen molar-refractivity contribution < 1.29 is 17.9 Å². The molecule has 0 aliphatic carbocycles. The van der Waals surface area contributed by atoms with Gasteiger partial charge >= 0.3 is 0 Å². The van der Waals surface area contributed by atoms with Gasteiger partial charge in [0, 0.05) is 7.05 Å². The minimum absolute atomic E-state index is 0.245. The molecule has 112 valence electrons. The first-order chi connectivity index (χ1) is 10.1. The number of sulfonamides is 1. The summed E-state index contributed by atoms with van der Waals surface area (Å²) < 4.78 is 37.7. The molecule has 0 unspecified atom stereocenters. The van der Waals surface area contributed by atoms with Crippen molar-refractivity contribution in [3.63, 3.8) is 0 Å². The summed E-state index contributed by atoms with van der Waals surface area (Å²) in [5, 5.41) is 1.75. The minimum Gasteiger partial charge on any atom is -0.486 e. The zero-order chi connectivity index (χ0) is 14.9. The summed E-state index contributed by atoms with van der Waals surface area (Å²) in [5.41, 5.74) is 0. The second-order valence-corrected chi connectivity index (χ2v) is 7.93. The van der Waals surface area contributed by atoms with Gasteiger partial charge in [-0.15, -0.1) is 11.3 Å². The van der Waals surface area contributed by atoms with Crippen LogP contribution < -0.4 is 9.47 Å². The number of hydrogen-bond acceptors (Lipinski definition) is 5. The van der Waals surface area contributed by atoms with E-state index in [2.05, 4.69) is 0 Å². The van der Waals surface area contributed by atoms with Gasteiger partial charge < -0.3 is 9.47 Å². The van der Waals surface area contributed by atoms with Gasteiger partial charge in [0.15, 0.2) is 11.5 Å². The van der Waals surface area contributed by atoms with Gasteiger partial charge in [-0.25, -0.2) is 8.42 Å². The lowest BCUT2D eigenvalue weighted by atomic mass is 10.2. The molecule has 2 heterocycles. The quantitative estimate of drug-likeness (QED) is 0.865. The maximum absolute atomic E-state index is 12.4. The molecule has 1 aliphatic rings. The van der Waals surface area contributed by atoms with Crippen LogP contribution in [-0.2, 0) is 10.0 Å². The molecule has 1 aromatic heterocycles. The zero-order valence-electron chi connectivity index (χ0n) is 11.4. The van der Waals surface area contributed by atoms with Crippen LogP contribution in [0.3, 0.4) is 0 Å². The number of hydrogen-bond donors (Lipinski definition) is 0. The molecule has 1 aromatic carbocycles. The Bertz CT molecular complexity index is 712. The highest BCUT2D eigenvalue weighted by atomic mass is 32.2. The van der Waals surface area contributed by atoms with Gasteiger partial charge in [-0.3, -0.25) is 0 Å². The standard InChI is InChI=1S/C14H15NO4S2/c1-15(21(16,17)14-7-4-8-20-14)9-11-10-18-12-5-2-3-6-13(12)19-11/h2-8,11H,9-10H2,1H3/t11-/m0/s1. The van der Waals surface area contributed by atoms with Crippen LogP contribution in [0.5, 0.6) is 11.5 Å². The molecule has 1 atom stereocenters. The minimum atomic E-state index is -3.46. The number of para-hydroxylation sites is 2. The Morgan fingerprint density at radius 2 is 2.00 bits per heavy atom. The van der Waals surface area contributed by atoms with Gasteiger partial charge in [-0.1, -0.05) is 18.2 Å². The van der Waals surface area contributed by atoms with E-state index in [1.807, 2.05) is 24.3 Å². The van der Waals surface area contributed by atoms with Crippen molar-refractivity contribution in [3.8, 4) is 11.5 Å². The maximum atomic E-state index is 12.4. The number of ether oxygens (including phenoxy) is 2. The predicted octanol–water partition coefficient (Wildman–Crippen LogP) is 2.21. The number of likely N-dealkylation sites (N-methyl/N-ethyl adjacent to an activating group) is 1. The van der Waals surface area contributed by atoms with Crippen LogP contribution in [0, 0.1) is 0 Å². The summed E-state index contributed by atoms with van der Waals surface area (Å²) >= 11 is 1.21. The molecule has 2 aromatic rings. The summed E-state index contributed by atoms with van der Waals surface area (Å²) in [6.45, 7) is 0.579. The maximum Gasteiger partial charge on any atom is 0.252 e. The van der Waals surface area contributed by atoms with Gasteiger partial charge in [0.2, 0.25) is 0 Å². The molecule has 0 N–H and O–H groups in total. The van der Waals surface area contributed by atoms with Crippen molar-refractivity contribution in [1.29, 1.82) is 0 Å². The molecule has 1 aliphatic heterocycles. The van der Waals surface area contributed by atoms with Crippen molar-refractivity contribution in [2.24, 2.45) is 0 Å². The fourth-order valence-corrected chi connectivity index (χ4v) is 4.51. The summed E-state index contributed by atoms with van der Waals surface area (Å²) in [5.74, 6) is 1.34. The molecule has 0 fully saturated rings. The van der Waals surface area contributed by atoms with Crippen LogP contribution in [0.4, 0.5) is 0 Å². The molecule has 5 nitrogen and oxygen atoms in total. The average molecular weight is 325 g/mol. The number of benzene rings is 1. The Balaban J connectivity index is 1.71. The molecule has 3 rings (SSSR count). The van der Waals surface area contributed by atoms with E-state index >= 15 is 0 Å². The normalized spacial score (nSPS) is 17.9. The Kier molecular flexibility index (Phi) is 3.88. The molecule has 7 heteroatoms. The number of nitrogens with zero attached hydrogens (tertiary/aromatic N) is 1. The zero-order valence-corrected chi connectivity index (χ0v) is 13.1. The summed E-state index contributed by atoms with van der Waals surface area (Å²) in [6.07, 6.45) is -0.320. The van der Waals surface area contributed by atoms with E-state index in [1.165, 1.54) is 15.6 Å². The van der Waals surface area contributed by atoms with Gasteiger partial charge in [0.05, 0.1) is 6.54 Å². The molecular weight excluding hydrogens is 310 g/mol. The molecule has 0 bridgehead atoms. The Labute approximate surface area is 127 Å². The number of rotatable bonds is 4. The van der Waals surface area contributed by atoms with Crippen molar-refractivity contribution in [2.45, 2.75) is 10.3 Å². The van der Waals surface area contributed by atoms with Gasteiger partial charge in [-0.05, 0) is 23.6 Å². The van der Waals surface area contributed by atoms with E-state index in [1.54, 1.807) is 24.6 Å². The van der Waals surface area contributed by atoms with Gasteiger partial charge in [0.1, 0.15) is 16.9 Å². The predicted molar refractivity (Wildman–Crippen MR) is 80.5 cm³/mol. The monoisotopic (exact) mass is 325 g/mol. The van der Waals surface area contributed by atoms with Crippen LogP contribution in [0.1, 0.15) is 0 Å². The fourth-order valence-electron chi connectivity index (χ4n) is 2.10. The Morgan fingerprint density at radius 1 is 1.24 bits per heavy atom. The summed E-state index contributed by atoms with van der Waals surface area (Å²) in [7, 11) is -1.90. The van der Waals surface area contributed by atoms with Crippen LogP contribution >= 0.6 is 11.3 Å². The van der Waals surface area contributed by atoms with Gasteiger partial charge in [0.25, 0.3) is 10.0 Å². The highest BCUT2D eigenvalue weighted by Crippen LogP contribution is 2.31. The molecule has 0 amide bonds. The van der Waals surface area contributed by atoms with Crippen LogP contribution in [0.2, 0.25) is 0 Å². The van der Waals surface area contributed by atoms with Crippen molar-refractivity contribution in [2.75, 3.05) is 20.2 Å². The van der Waals surface area contributed by atoms with Crippen LogP contribution in [0.25, 0.3) is 0 Å². The first-order valence-electron chi connectivity index (χ1n) is 6.46. The third-order valence-electron chi connectivity index (χ3n) is 3.19. The summed E-state index contributed by atoms with van der Waals surface area (Å²) in [4.78, 5) is 0. The lowest BCUT2D eigenvalue weighted by Crippen LogP contribution is -2.41. The second-order valence-electron chi connectivity index (χ2n) is 4.72. The highest BCUT2D eigenvalue weighted by Gasteiger charge is 2.28.